The van der Waals surface area contributed by atoms with Crippen molar-refractivity contribution in [3.8, 4) is 0 Å². The van der Waals surface area contributed by atoms with Crippen LogP contribution in [0.1, 0.15) is 21.5 Å². The van der Waals surface area contributed by atoms with Crippen molar-refractivity contribution >= 4 is 17.4 Å². The molecular weight excluding hydrogens is 326 g/mol. The molecule has 1 aliphatic rings. The number of fused-ring (bicyclic) bond motifs is 1. The van der Waals surface area contributed by atoms with Gasteiger partial charge in [-0.05, 0) is 25.0 Å². The molecule has 2 N–H and O–H groups in total. The number of rotatable bonds is 5. The molecule has 3 rings (SSSR count). The van der Waals surface area contributed by atoms with E-state index in [2.05, 4.69) is 22.3 Å². The quantitative estimate of drug-likeness (QED) is 0.876. The number of benzene rings is 1. The highest BCUT2D eigenvalue weighted by Gasteiger charge is 2.26. The first-order valence-corrected chi connectivity index (χ1v) is 7.83. The molecule has 0 spiro atoms. The lowest BCUT2D eigenvalue weighted by Crippen LogP contribution is -2.27. The maximum Gasteiger partial charge on any atom is 0.280 e. The van der Waals surface area contributed by atoms with Crippen LogP contribution in [-0.2, 0) is 6.42 Å². The summed E-state index contributed by atoms with van der Waals surface area (Å²) < 4.78 is 27.2. The standard InChI is InChI=1S/C18H18F2N4O/c1-11-3-5-13(6-4-11)7-8-21-18(25)14-10-22-24-15(16(19)20)9-12(2)23-17(14)24/h3-6,9-10,16,23H,2,7-8H2,1H3,(H,21,25). The van der Waals surface area contributed by atoms with Gasteiger partial charge in [0.05, 0.1) is 6.20 Å². The van der Waals surface area contributed by atoms with E-state index in [4.69, 9.17) is 0 Å². The largest absolute Gasteiger partial charge is 0.352 e. The highest BCUT2D eigenvalue weighted by molar-refractivity contribution is 6.00. The number of alkyl halides is 2. The Morgan fingerprint density at radius 3 is 2.76 bits per heavy atom. The molecule has 1 amide bonds. The van der Waals surface area contributed by atoms with E-state index in [1.807, 2.05) is 31.2 Å². The van der Waals surface area contributed by atoms with Gasteiger partial charge in [-0.15, -0.1) is 0 Å². The molecule has 130 valence electrons. The zero-order valence-electron chi connectivity index (χ0n) is 13.7. The van der Waals surface area contributed by atoms with Gasteiger partial charge in [-0.3, -0.25) is 4.79 Å². The predicted molar refractivity (Wildman–Crippen MR) is 92.5 cm³/mol. The number of allylic oxidation sites excluding steroid dienone is 2. The molecule has 0 radical (unpaired) electrons. The molecule has 0 fully saturated rings. The van der Waals surface area contributed by atoms with Gasteiger partial charge in [-0.2, -0.15) is 5.10 Å². The average Bonchev–Trinajstić information content (AvgIpc) is 2.99. The SMILES string of the molecule is C=C1C=C(C(F)F)n2ncc(C(=O)NCCc3ccc(C)cc3)c2N1. The van der Waals surface area contributed by atoms with Crippen LogP contribution < -0.4 is 10.6 Å². The first kappa shape index (κ1) is 16.9. The number of carbonyl (C=O) groups excluding carboxylic acids is 1. The average molecular weight is 344 g/mol. The van der Waals surface area contributed by atoms with E-state index in [-0.39, 0.29) is 28.7 Å². The fraction of sp³-hybridized carbons (Fsp3) is 0.222. The Bertz CT molecular complexity index is 837. The number of hydrogen-bond acceptors (Lipinski definition) is 3. The molecule has 25 heavy (non-hydrogen) atoms. The number of halogens is 2. The van der Waals surface area contributed by atoms with Gasteiger partial charge in [0.2, 0.25) is 0 Å². The lowest BCUT2D eigenvalue weighted by atomic mass is 10.1. The Kier molecular flexibility index (Phi) is 4.65. The molecule has 2 aromatic rings. The normalized spacial score (nSPS) is 13.3. The molecular formula is C18H18F2N4O. The van der Waals surface area contributed by atoms with Gasteiger partial charge in [0.25, 0.3) is 12.3 Å². The summed E-state index contributed by atoms with van der Waals surface area (Å²) in [6.45, 7) is 6.09. The summed E-state index contributed by atoms with van der Waals surface area (Å²) in [6, 6.07) is 8.04. The van der Waals surface area contributed by atoms with Gasteiger partial charge >= 0.3 is 0 Å². The molecule has 1 aromatic heterocycles. The number of nitrogens with zero attached hydrogens (tertiary/aromatic N) is 2. The van der Waals surface area contributed by atoms with Crippen molar-refractivity contribution < 1.29 is 13.6 Å². The minimum Gasteiger partial charge on any atom is -0.352 e. The third-order valence-electron chi connectivity index (χ3n) is 3.90. The summed E-state index contributed by atoms with van der Waals surface area (Å²) in [5.41, 5.74) is 2.47. The first-order valence-electron chi connectivity index (χ1n) is 7.83. The Hall–Kier alpha value is -2.96. The van der Waals surface area contributed by atoms with Crippen LogP contribution >= 0.6 is 0 Å². The predicted octanol–water partition coefficient (Wildman–Crippen LogP) is 3.21. The molecule has 0 atom stereocenters. The van der Waals surface area contributed by atoms with Crippen molar-refractivity contribution in [1.82, 2.24) is 15.1 Å². The van der Waals surface area contributed by atoms with Crippen LogP contribution in [0.15, 0.2) is 48.8 Å². The summed E-state index contributed by atoms with van der Waals surface area (Å²) in [7, 11) is 0. The number of anilines is 1. The molecule has 0 saturated heterocycles. The molecule has 5 nitrogen and oxygen atoms in total. The summed E-state index contributed by atoms with van der Waals surface area (Å²) in [5.74, 6) is -0.167. The maximum absolute atomic E-state index is 13.1. The van der Waals surface area contributed by atoms with Gasteiger partial charge < -0.3 is 10.6 Å². The number of hydrogen-bond donors (Lipinski definition) is 2. The van der Waals surface area contributed by atoms with Gasteiger partial charge in [0, 0.05) is 12.2 Å². The van der Waals surface area contributed by atoms with Crippen molar-refractivity contribution in [2.24, 2.45) is 0 Å². The van der Waals surface area contributed by atoms with Gasteiger partial charge in [-0.1, -0.05) is 36.4 Å². The van der Waals surface area contributed by atoms with Crippen molar-refractivity contribution in [2.75, 3.05) is 11.9 Å². The van der Waals surface area contributed by atoms with Crippen LogP contribution in [0.5, 0.6) is 0 Å². The van der Waals surface area contributed by atoms with E-state index in [9.17, 15) is 13.6 Å². The highest BCUT2D eigenvalue weighted by atomic mass is 19.3. The zero-order chi connectivity index (χ0) is 18.0. The Balaban J connectivity index is 1.69. The number of carbonyl (C=O) groups is 1. The van der Waals surface area contributed by atoms with Crippen LogP contribution in [0.3, 0.4) is 0 Å². The number of amides is 1. The van der Waals surface area contributed by atoms with Gasteiger partial charge in [-0.25, -0.2) is 13.5 Å². The molecule has 7 heteroatoms. The van der Waals surface area contributed by atoms with Crippen molar-refractivity contribution in [3.63, 3.8) is 0 Å². The third-order valence-corrected chi connectivity index (χ3v) is 3.90. The van der Waals surface area contributed by atoms with Crippen molar-refractivity contribution in [1.29, 1.82) is 0 Å². The smallest absolute Gasteiger partial charge is 0.280 e. The van der Waals surface area contributed by atoms with E-state index in [1.165, 1.54) is 17.8 Å². The molecule has 0 saturated carbocycles. The summed E-state index contributed by atoms with van der Waals surface area (Å²) in [5, 5.41) is 9.51. The van der Waals surface area contributed by atoms with Crippen LogP contribution in [0.4, 0.5) is 14.6 Å². The Morgan fingerprint density at radius 2 is 2.08 bits per heavy atom. The zero-order valence-corrected chi connectivity index (χ0v) is 13.7. The Morgan fingerprint density at radius 1 is 1.36 bits per heavy atom. The van der Waals surface area contributed by atoms with Gasteiger partial charge in [0.1, 0.15) is 17.1 Å². The molecule has 1 aromatic carbocycles. The number of aryl methyl sites for hydroxylation is 1. The van der Waals surface area contributed by atoms with Crippen molar-refractivity contribution in [3.05, 3.63) is 65.5 Å². The Labute approximate surface area is 144 Å². The van der Waals surface area contributed by atoms with E-state index in [0.717, 1.165) is 10.2 Å². The minimum absolute atomic E-state index is 0.204. The summed E-state index contributed by atoms with van der Waals surface area (Å²) in [4.78, 5) is 12.4. The van der Waals surface area contributed by atoms with E-state index in [1.54, 1.807) is 0 Å². The fourth-order valence-electron chi connectivity index (χ4n) is 2.58. The van der Waals surface area contributed by atoms with Crippen LogP contribution in [0.2, 0.25) is 0 Å². The summed E-state index contributed by atoms with van der Waals surface area (Å²) >= 11 is 0. The third kappa shape index (κ3) is 3.60. The second-order valence-corrected chi connectivity index (χ2v) is 5.83. The van der Waals surface area contributed by atoms with Crippen LogP contribution in [0, 0.1) is 6.92 Å². The molecule has 0 aliphatic carbocycles. The highest BCUT2D eigenvalue weighted by Crippen LogP contribution is 2.29. The summed E-state index contributed by atoms with van der Waals surface area (Å²) in [6.07, 6.45) is 0.454. The second kappa shape index (κ2) is 6.88. The molecule has 1 aliphatic heterocycles. The molecule has 2 heterocycles. The number of nitrogens with one attached hydrogen (secondary N) is 2. The first-order chi connectivity index (χ1) is 12.0. The van der Waals surface area contributed by atoms with Crippen molar-refractivity contribution in [2.45, 2.75) is 19.8 Å². The monoisotopic (exact) mass is 344 g/mol. The second-order valence-electron chi connectivity index (χ2n) is 5.83. The maximum atomic E-state index is 13.1. The van der Waals surface area contributed by atoms with Crippen LogP contribution in [-0.4, -0.2) is 28.7 Å². The molecule has 0 unspecified atom stereocenters. The van der Waals surface area contributed by atoms with E-state index < -0.39 is 6.43 Å². The lowest BCUT2D eigenvalue weighted by Gasteiger charge is -2.19. The van der Waals surface area contributed by atoms with E-state index >= 15 is 0 Å². The fourth-order valence-corrected chi connectivity index (χ4v) is 2.58. The molecule has 0 bridgehead atoms. The van der Waals surface area contributed by atoms with Crippen LogP contribution in [0.25, 0.3) is 5.70 Å². The minimum atomic E-state index is -2.71. The van der Waals surface area contributed by atoms with E-state index in [0.29, 0.717) is 13.0 Å². The lowest BCUT2D eigenvalue weighted by molar-refractivity contribution is 0.0955. The number of aromatic nitrogens is 2. The van der Waals surface area contributed by atoms with Gasteiger partial charge in [0.15, 0.2) is 0 Å². The topological polar surface area (TPSA) is 59.0 Å².